The summed E-state index contributed by atoms with van der Waals surface area (Å²) in [4.78, 5) is 28.4. The van der Waals surface area contributed by atoms with Crippen LogP contribution in [0.25, 0.3) is 0 Å². The molecule has 0 saturated carbocycles. The molecule has 0 heterocycles. The lowest BCUT2D eigenvalue weighted by molar-refractivity contribution is -0.139. The Labute approximate surface area is 230 Å². The lowest BCUT2D eigenvalue weighted by atomic mass is 10.1. The maximum Gasteiger partial charge on any atom is 0.264 e. The molecular weight excluding hydrogens is 517 g/mol. The molecule has 0 aliphatic rings. The maximum absolute atomic E-state index is 13.9. The molecule has 1 N–H and O–H groups in total. The van der Waals surface area contributed by atoms with Crippen molar-refractivity contribution in [3.63, 3.8) is 0 Å². The third kappa shape index (κ3) is 8.13. The van der Waals surface area contributed by atoms with Gasteiger partial charge in [0.25, 0.3) is 10.0 Å². The number of rotatable bonds is 13. The summed E-state index contributed by atoms with van der Waals surface area (Å²) in [7, 11) is -4.22. The van der Waals surface area contributed by atoms with E-state index in [2.05, 4.69) is 5.32 Å². The summed E-state index contributed by atoms with van der Waals surface area (Å²) in [5, 5.41) is 2.91. The second-order valence-corrected chi connectivity index (χ2v) is 11.5. The molecule has 9 heteroatoms. The molecular formula is C30H36FN3O4S. The quantitative estimate of drug-likeness (QED) is 0.334. The van der Waals surface area contributed by atoms with Crippen LogP contribution in [0.3, 0.4) is 0 Å². The van der Waals surface area contributed by atoms with Crippen molar-refractivity contribution in [3.05, 3.63) is 96.3 Å². The molecule has 3 aromatic carbocycles. The zero-order valence-corrected chi connectivity index (χ0v) is 23.4. The van der Waals surface area contributed by atoms with Gasteiger partial charge in [-0.05, 0) is 60.7 Å². The fraction of sp³-hybridized carbons (Fsp3) is 0.333. The molecule has 0 saturated heterocycles. The molecule has 0 fully saturated rings. The Morgan fingerprint density at radius 2 is 1.49 bits per heavy atom. The van der Waals surface area contributed by atoms with Gasteiger partial charge in [0.15, 0.2) is 0 Å². The standard InChI is InChI=1S/C30H36FN3O4S/c1-4-28(30(36)32-21-23(2)3)33(20-19-24-11-7-5-8-12-24)29(35)22-34(26-13-9-6-10-14-26)39(37,38)27-17-15-25(31)16-18-27/h5-18,23,28H,4,19-22H2,1-3H3,(H,32,36)/t28-/m0/s1. The van der Waals surface area contributed by atoms with Crippen LogP contribution < -0.4 is 9.62 Å². The first-order valence-electron chi connectivity index (χ1n) is 13.1. The summed E-state index contributed by atoms with van der Waals surface area (Å²) in [5.41, 5.74) is 1.28. The van der Waals surface area contributed by atoms with E-state index in [-0.39, 0.29) is 29.0 Å². The molecule has 2 amide bonds. The van der Waals surface area contributed by atoms with E-state index >= 15 is 0 Å². The summed E-state index contributed by atoms with van der Waals surface area (Å²) in [6.45, 7) is 5.97. The number of amides is 2. The number of sulfonamides is 1. The first-order chi connectivity index (χ1) is 18.6. The number of para-hydroxylation sites is 1. The average Bonchev–Trinajstić information content (AvgIpc) is 2.93. The highest BCUT2D eigenvalue weighted by molar-refractivity contribution is 7.92. The minimum absolute atomic E-state index is 0.141. The van der Waals surface area contributed by atoms with E-state index in [1.54, 1.807) is 30.3 Å². The van der Waals surface area contributed by atoms with Crippen molar-refractivity contribution in [2.45, 2.75) is 44.6 Å². The molecule has 0 unspecified atom stereocenters. The zero-order chi connectivity index (χ0) is 28.4. The van der Waals surface area contributed by atoms with Crippen LogP contribution in [0.2, 0.25) is 0 Å². The number of nitrogens with zero attached hydrogens (tertiary/aromatic N) is 2. The fourth-order valence-electron chi connectivity index (χ4n) is 4.18. The Morgan fingerprint density at radius 1 is 0.897 bits per heavy atom. The summed E-state index contributed by atoms with van der Waals surface area (Å²) in [6, 6.07) is 21.6. The average molecular weight is 554 g/mol. The predicted octanol–water partition coefficient (Wildman–Crippen LogP) is 4.64. The van der Waals surface area contributed by atoms with Gasteiger partial charge in [0.05, 0.1) is 10.6 Å². The van der Waals surface area contributed by atoms with Gasteiger partial charge in [-0.25, -0.2) is 12.8 Å². The lowest BCUT2D eigenvalue weighted by Crippen LogP contribution is -2.53. The van der Waals surface area contributed by atoms with E-state index < -0.39 is 34.3 Å². The first kappa shape index (κ1) is 29.8. The number of carbonyl (C=O) groups excluding carboxylic acids is 2. The van der Waals surface area contributed by atoms with Crippen molar-refractivity contribution in [2.24, 2.45) is 5.92 Å². The number of anilines is 1. The Morgan fingerprint density at radius 3 is 2.05 bits per heavy atom. The van der Waals surface area contributed by atoms with E-state index in [0.717, 1.165) is 22.0 Å². The first-order valence-corrected chi connectivity index (χ1v) is 14.5. The maximum atomic E-state index is 13.9. The van der Waals surface area contributed by atoms with Gasteiger partial charge in [-0.3, -0.25) is 13.9 Å². The SMILES string of the molecule is CC[C@@H](C(=O)NCC(C)C)N(CCc1ccccc1)C(=O)CN(c1ccccc1)S(=O)(=O)c1ccc(F)cc1. The minimum Gasteiger partial charge on any atom is -0.354 e. The topological polar surface area (TPSA) is 86.8 Å². The number of carbonyl (C=O) groups is 2. The second kappa shape index (κ2) is 13.9. The van der Waals surface area contributed by atoms with Crippen molar-refractivity contribution in [2.75, 3.05) is 23.9 Å². The van der Waals surface area contributed by atoms with E-state index in [1.807, 2.05) is 51.1 Å². The summed E-state index contributed by atoms with van der Waals surface area (Å²) < 4.78 is 41.9. The molecule has 0 radical (unpaired) electrons. The van der Waals surface area contributed by atoms with Gasteiger partial charge >= 0.3 is 0 Å². The zero-order valence-electron chi connectivity index (χ0n) is 22.6. The molecule has 39 heavy (non-hydrogen) atoms. The van der Waals surface area contributed by atoms with E-state index in [4.69, 9.17) is 0 Å². The highest BCUT2D eigenvalue weighted by Crippen LogP contribution is 2.24. The Hall–Kier alpha value is -3.72. The molecule has 0 bridgehead atoms. The second-order valence-electron chi connectivity index (χ2n) is 9.69. The summed E-state index contributed by atoms with van der Waals surface area (Å²) >= 11 is 0. The summed E-state index contributed by atoms with van der Waals surface area (Å²) in [6.07, 6.45) is 0.858. The lowest BCUT2D eigenvalue weighted by Gasteiger charge is -2.33. The van der Waals surface area contributed by atoms with Gasteiger partial charge in [-0.1, -0.05) is 69.3 Å². The van der Waals surface area contributed by atoms with Crippen molar-refractivity contribution in [3.8, 4) is 0 Å². The fourth-order valence-corrected chi connectivity index (χ4v) is 5.59. The highest BCUT2D eigenvalue weighted by Gasteiger charge is 2.33. The molecule has 0 aliphatic heterocycles. The molecule has 0 aromatic heterocycles. The van der Waals surface area contributed by atoms with E-state index in [1.165, 1.54) is 17.0 Å². The molecule has 0 spiro atoms. The molecule has 3 rings (SSSR count). The number of halogens is 1. The van der Waals surface area contributed by atoms with E-state index in [0.29, 0.717) is 19.4 Å². The molecule has 3 aromatic rings. The van der Waals surface area contributed by atoms with Gasteiger partial charge in [0, 0.05) is 13.1 Å². The normalized spacial score (nSPS) is 12.1. The van der Waals surface area contributed by atoms with Crippen LogP contribution in [-0.2, 0) is 26.0 Å². The van der Waals surface area contributed by atoms with Crippen molar-refractivity contribution in [1.82, 2.24) is 10.2 Å². The monoisotopic (exact) mass is 553 g/mol. The van der Waals surface area contributed by atoms with Crippen LogP contribution >= 0.6 is 0 Å². The van der Waals surface area contributed by atoms with Crippen LogP contribution in [0.1, 0.15) is 32.8 Å². The van der Waals surface area contributed by atoms with Crippen LogP contribution in [0, 0.1) is 11.7 Å². The van der Waals surface area contributed by atoms with Gasteiger partial charge in [-0.2, -0.15) is 0 Å². The molecule has 1 atom stereocenters. The van der Waals surface area contributed by atoms with Crippen LogP contribution in [-0.4, -0.2) is 50.8 Å². The Bertz CT molecular complexity index is 1320. The largest absolute Gasteiger partial charge is 0.354 e. The van der Waals surface area contributed by atoms with Crippen LogP contribution in [0.5, 0.6) is 0 Å². The highest BCUT2D eigenvalue weighted by atomic mass is 32.2. The van der Waals surface area contributed by atoms with Crippen LogP contribution in [0.4, 0.5) is 10.1 Å². The third-order valence-electron chi connectivity index (χ3n) is 6.28. The van der Waals surface area contributed by atoms with Crippen molar-refractivity contribution >= 4 is 27.5 Å². The van der Waals surface area contributed by atoms with E-state index in [9.17, 15) is 22.4 Å². The number of nitrogens with one attached hydrogen (secondary N) is 1. The number of hydrogen-bond donors (Lipinski definition) is 1. The smallest absolute Gasteiger partial charge is 0.264 e. The Kier molecular flexibility index (Phi) is 10.6. The third-order valence-corrected chi connectivity index (χ3v) is 8.07. The molecule has 208 valence electrons. The minimum atomic E-state index is -4.22. The predicted molar refractivity (Wildman–Crippen MR) is 151 cm³/mol. The van der Waals surface area contributed by atoms with Gasteiger partial charge in [0.1, 0.15) is 18.4 Å². The number of hydrogen-bond acceptors (Lipinski definition) is 4. The Balaban J connectivity index is 1.96. The van der Waals surface area contributed by atoms with Crippen LogP contribution in [0.15, 0.2) is 89.8 Å². The van der Waals surface area contributed by atoms with Crippen molar-refractivity contribution in [1.29, 1.82) is 0 Å². The van der Waals surface area contributed by atoms with Crippen molar-refractivity contribution < 1.29 is 22.4 Å². The number of benzene rings is 3. The van der Waals surface area contributed by atoms with Gasteiger partial charge < -0.3 is 10.2 Å². The molecule has 0 aliphatic carbocycles. The molecule has 7 nitrogen and oxygen atoms in total. The van der Waals surface area contributed by atoms with Gasteiger partial charge in [-0.15, -0.1) is 0 Å². The van der Waals surface area contributed by atoms with Gasteiger partial charge in [0.2, 0.25) is 11.8 Å². The summed E-state index contributed by atoms with van der Waals surface area (Å²) in [5.74, 6) is -1.12.